The molecule has 1 heterocycles. The van der Waals surface area contributed by atoms with Gasteiger partial charge in [-0.1, -0.05) is 11.6 Å². The minimum Gasteiger partial charge on any atom is -0.476 e. The average Bonchev–Trinajstić information content (AvgIpc) is 2.69. The molecule has 1 aliphatic rings. The van der Waals surface area contributed by atoms with Gasteiger partial charge in [-0.15, -0.1) is 5.10 Å². The molecule has 0 saturated carbocycles. The zero-order valence-electron chi connectivity index (χ0n) is 11.6. The van der Waals surface area contributed by atoms with Crippen LogP contribution >= 0.6 is 11.6 Å². The van der Waals surface area contributed by atoms with E-state index in [4.69, 9.17) is 16.3 Å². The number of carbonyl (C=O) groups excluding carboxylic acids is 1. The standard InChI is InChI=1S/C14H16ClN3O2/c1-4-20-13-12(9-17(2)3)14(19)18(16-13)11-7-5-10(15)6-8-11/h5-9H,4H2,1-3H3. The summed E-state index contributed by atoms with van der Waals surface area (Å²) in [6.07, 6.45) is 1.70. The fourth-order valence-electron chi connectivity index (χ4n) is 1.76. The Morgan fingerprint density at radius 3 is 2.55 bits per heavy atom. The van der Waals surface area contributed by atoms with E-state index in [0.29, 0.717) is 28.8 Å². The predicted molar refractivity (Wildman–Crippen MR) is 79.8 cm³/mol. The van der Waals surface area contributed by atoms with Crippen LogP contribution in [0.3, 0.4) is 0 Å². The van der Waals surface area contributed by atoms with Crippen LogP contribution in [0.2, 0.25) is 5.02 Å². The van der Waals surface area contributed by atoms with Gasteiger partial charge in [0.2, 0.25) is 5.90 Å². The maximum absolute atomic E-state index is 12.4. The van der Waals surface area contributed by atoms with Crippen molar-refractivity contribution in [2.24, 2.45) is 5.10 Å². The van der Waals surface area contributed by atoms with Gasteiger partial charge in [0.15, 0.2) is 0 Å². The summed E-state index contributed by atoms with van der Waals surface area (Å²) in [5, 5.41) is 6.16. The summed E-state index contributed by atoms with van der Waals surface area (Å²) in [7, 11) is 3.68. The van der Waals surface area contributed by atoms with Crippen molar-refractivity contribution in [2.75, 3.05) is 25.7 Å². The summed E-state index contributed by atoms with van der Waals surface area (Å²) >= 11 is 5.85. The highest BCUT2D eigenvalue weighted by Crippen LogP contribution is 2.25. The zero-order valence-corrected chi connectivity index (χ0v) is 12.4. The molecule has 20 heavy (non-hydrogen) atoms. The van der Waals surface area contributed by atoms with Crippen LogP contribution in [-0.4, -0.2) is 37.4 Å². The number of rotatable bonds is 3. The van der Waals surface area contributed by atoms with Gasteiger partial charge in [-0.05, 0) is 31.2 Å². The first-order valence-corrected chi connectivity index (χ1v) is 6.60. The van der Waals surface area contributed by atoms with Crippen molar-refractivity contribution in [2.45, 2.75) is 6.92 Å². The summed E-state index contributed by atoms with van der Waals surface area (Å²) in [6, 6.07) is 6.92. The molecule has 0 aromatic heterocycles. The van der Waals surface area contributed by atoms with Crippen LogP contribution in [0.4, 0.5) is 5.69 Å². The minimum absolute atomic E-state index is 0.218. The fourth-order valence-corrected chi connectivity index (χ4v) is 1.89. The van der Waals surface area contributed by atoms with E-state index in [-0.39, 0.29) is 5.91 Å². The van der Waals surface area contributed by atoms with Gasteiger partial charge in [0, 0.05) is 25.3 Å². The third-order valence-electron chi connectivity index (χ3n) is 2.58. The lowest BCUT2D eigenvalue weighted by Gasteiger charge is -2.11. The van der Waals surface area contributed by atoms with Gasteiger partial charge < -0.3 is 9.64 Å². The molecular formula is C14H16ClN3O2. The highest BCUT2D eigenvalue weighted by molar-refractivity contribution is 6.31. The van der Waals surface area contributed by atoms with Crippen LogP contribution in [0.25, 0.3) is 0 Å². The van der Waals surface area contributed by atoms with Gasteiger partial charge in [-0.25, -0.2) is 0 Å². The molecule has 0 spiro atoms. The summed E-state index contributed by atoms with van der Waals surface area (Å²) in [6.45, 7) is 2.30. The van der Waals surface area contributed by atoms with E-state index < -0.39 is 0 Å². The van der Waals surface area contributed by atoms with Crippen molar-refractivity contribution in [1.29, 1.82) is 0 Å². The maximum atomic E-state index is 12.4. The molecular weight excluding hydrogens is 278 g/mol. The van der Waals surface area contributed by atoms with Crippen molar-refractivity contribution in [1.82, 2.24) is 4.90 Å². The van der Waals surface area contributed by atoms with Crippen molar-refractivity contribution < 1.29 is 9.53 Å². The molecule has 0 aliphatic carbocycles. The molecule has 2 rings (SSSR count). The Hall–Kier alpha value is -2.01. The lowest BCUT2D eigenvalue weighted by atomic mass is 10.2. The summed E-state index contributed by atoms with van der Waals surface area (Å²) in [4.78, 5) is 14.2. The molecule has 106 valence electrons. The van der Waals surface area contributed by atoms with E-state index in [1.165, 1.54) is 5.01 Å². The van der Waals surface area contributed by atoms with E-state index in [2.05, 4.69) is 5.10 Å². The smallest absolute Gasteiger partial charge is 0.285 e. The number of ether oxygens (including phenoxy) is 1. The number of carbonyl (C=O) groups is 1. The van der Waals surface area contributed by atoms with Gasteiger partial charge >= 0.3 is 0 Å². The summed E-state index contributed by atoms with van der Waals surface area (Å²) < 4.78 is 5.43. The van der Waals surface area contributed by atoms with Crippen LogP contribution in [0, 0.1) is 0 Å². The molecule has 1 aromatic rings. The molecule has 0 saturated heterocycles. The molecule has 0 bridgehead atoms. The first-order valence-electron chi connectivity index (χ1n) is 6.23. The first kappa shape index (κ1) is 14.4. The first-order chi connectivity index (χ1) is 9.52. The Bertz CT molecular complexity index is 564. The monoisotopic (exact) mass is 293 g/mol. The predicted octanol–water partition coefficient (Wildman–Crippen LogP) is 2.48. The van der Waals surface area contributed by atoms with Gasteiger partial charge in [0.25, 0.3) is 5.91 Å². The number of hydrazone groups is 1. The SMILES string of the molecule is CCOC1=NN(c2ccc(Cl)cc2)C(=O)C1=CN(C)C. The van der Waals surface area contributed by atoms with Crippen LogP contribution in [0.5, 0.6) is 0 Å². The Kier molecular flexibility index (Phi) is 4.29. The maximum Gasteiger partial charge on any atom is 0.285 e. The van der Waals surface area contributed by atoms with E-state index in [1.54, 1.807) is 35.4 Å². The van der Waals surface area contributed by atoms with Crippen molar-refractivity contribution in [3.63, 3.8) is 0 Å². The molecule has 0 fully saturated rings. The number of hydrogen-bond acceptors (Lipinski definition) is 4. The third-order valence-corrected chi connectivity index (χ3v) is 2.84. The second-order valence-corrected chi connectivity index (χ2v) is 4.87. The molecule has 6 heteroatoms. The normalized spacial score (nSPS) is 16.6. The molecule has 0 N–H and O–H groups in total. The van der Waals surface area contributed by atoms with E-state index in [0.717, 1.165) is 0 Å². The van der Waals surface area contributed by atoms with Gasteiger partial charge in [0.1, 0.15) is 5.57 Å². The van der Waals surface area contributed by atoms with E-state index in [1.807, 2.05) is 21.0 Å². The largest absolute Gasteiger partial charge is 0.476 e. The Morgan fingerprint density at radius 2 is 2.00 bits per heavy atom. The number of halogens is 1. The van der Waals surface area contributed by atoms with Gasteiger partial charge in [0.05, 0.1) is 12.3 Å². The van der Waals surface area contributed by atoms with Crippen molar-refractivity contribution in [3.8, 4) is 0 Å². The van der Waals surface area contributed by atoms with Crippen LogP contribution in [0.15, 0.2) is 41.1 Å². The molecule has 1 aliphatic heterocycles. The number of benzene rings is 1. The second kappa shape index (κ2) is 5.96. The van der Waals surface area contributed by atoms with Crippen molar-refractivity contribution >= 4 is 29.1 Å². The van der Waals surface area contributed by atoms with E-state index >= 15 is 0 Å². The Morgan fingerprint density at radius 1 is 1.35 bits per heavy atom. The molecule has 0 atom stereocenters. The minimum atomic E-state index is -0.218. The number of hydrogen-bond donors (Lipinski definition) is 0. The summed E-state index contributed by atoms with van der Waals surface area (Å²) in [5.41, 5.74) is 1.09. The van der Waals surface area contributed by atoms with Gasteiger partial charge in [-0.3, -0.25) is 4.79 Å². The molecule has 1 amide bonds. The fraction of sp³-hybridized carbons (Fsp3) is 0.286. The second-order valence-electron chi connectivity index (χ2n) is 4.44. The Balaban J connectivity index is 2.36. The number of amides is 1. The van der Waals surface area contributed by atoms with E-state index in [9.17, 15) is 4.79 Å². The lowest BCUT2D eigenvalue weighted by Crippen LogP contribution is -2.22. The summed E-state index contributed by atoms with van der Waals surface area (Å²) in [5.74, 6) is 0.116. The van der Waals surface area contributed by atoms with Crippen LogP contribution < -0.4 is 5.01 Å². The topological polar surface area (TPSA) is 45.1 Å². The molecule has 1 aromatic carbocycles. The lowest BCUT2D eigenvalue weighted by molar-refractivity contribution is -0.114. The molecule has 5 nitrogen and oxygen atoms in total. The number of anilines is 1. The van der Waals surface area contributed by atoms with Gasteiger partial charge in [-0.2, -0.15) is 5.01 Å². The highest BCUT2D eigenvalue weighted by atomic mass is 35.5. The van der Waals surface area contributed by atoms with Crippen LogP contribution in [-0.2, 0) is 9.53 Å². The molecule has 0 radical (unpaired) electrons. The zero-order chi connectivity index (χ0) is 14.7. The Labute approximate surface area is 123 Å². The number of nitrogens with zero attached hydrogens (tertiary/aromatic N) is 3. The quantitative estimate of drug-likeness (QED) is 0.804. The molecule has 0 unspecified atom stereocenters. The van der Waals surface area contributed by atoms with Crippen LogP contribution in [0.1, 0.15) is 6.92 Å². The average molecular weight is 294 g/mol. The van der Waals surface area contributed by atoms with Crippen molar-refractivity contribution in [3.05, 3.63) is 41.1 Å². The third kappa shape index (κ3) is 2.93. The highest BCUT2D eigenvalue weighted by Gasteiger charge is 2.32.